The number of carbonyl (C=O) groups is 2. The number of nitrogens with one attached hydrogen (secondary N) is 1. The van der Waals surface area contributed by atoms with E-state index in [2.05, 4.69) is 5.32 Å². The number of hydrogen-bond acceptors (Lipinski definition) is 6. The zero-order chi connectivity index (χ0) is 20.6. The number of amides is 1. The third-order valence-corrected chi connectivity index (χ3v) is 5.21. The van der Waals surface area contributed by atoms with Gasteiger partial charge in [0.2, 0.25) is 0 Å². The normalized spacial score (nSPS) is 13.4. The molecule has 1 N–H and O–H groups in total. The summed E-state index contributed by atoms with van der Waals surface area (Å²) in [6.45, 7) is 2.51. The van der Waals surface area contributed by atoms with E-state index in [9.17, 15) is 14.0 Å². The molecule has 1 heterocycles. The molecule has 1 aliphatic heterocycles. The molecule has 2 aromatic rings. The molecule has 3 rings (SSSR count). The second-order valence-corrected chi connectivity index (χ2v) is 7.57. The maximum atomic E-state index is 12.9. The summed E-state index contributed by atoms with van der Waals surface area (Å²) in [6, 6.07) is 11.3. The van der Waals surface area contributed by atoms with Gasteiger partial charge in [0.1, 0.15) is 19.0 Å². The molecule has 0 unspecified atom stereocenters. The third kappa shape index (κ3) is 6.39. The minimum absolute atomic E-state index is 0.160. The van der Waals surface area contributed by atoms with E-state index in [0.717, 1.165) is 10.5 Å². The molecule has 1 aliphatic rings. The van der Waals surface area contributed by atoms with Crippen molar-refractivity contribution in [2.75, 3.05) is 25.6 Å². The zero-order valence-electron chi connectivity index (χ0n) is 16.0. The third-order valence-electron chi connectivity index (χ3n) is 4.20. The number of esters is 1. The predicted octanol–water partition coefficient (Wildman–Crippen LogP) is 3.50. The van der Waals surface area contributed by atoms with Crippen LogP contribution in [-0.2, 0) is 14.3 Å². The van der Waals surface area contributed by atoms with Crippen molar-refractivity contribution in [2.24, 2.45) is 0 Å². The minimum atomic E-state index is -0.457. The zero-order valence-corrected chi connectivity index (χ0v) is 16.8. The molecule has 0 aliphatic carbocycles. The van der Waals surface area contributed by atoms with Crippen LogP contribution in [0.1, 0.15) is 24.9 Å². The fourth-order valence-corrected chi connectivity index (χ4v) is 3.53. The van der Waals surface area contributed by atoms with E-state index in [0.29, 0.717) is 30.5 Å². The van der Waals surface area contributed by atoms with Crippen LogP contribution >= 0.6 is 11.8 Å². The summed E-state index contributed by atoms with van der Waals surface area (Å²) >= 11 is 1.42. The number of fused-ring (bicyclic) bond motifs is 1. The summed E-state index contributed by atoms with van der Waals surface area (Å²) < 4.78 is 28.9. The summed E-state index contributed by atoms with van der Waals surface area (Å²) in [5, 5.41) is 2.79. The van der Waals surface area contributed by atoms with E-state index in [1.54, 1.807) is 12.1 Å². The molecule has 0 fully saturated rings. The van der Waals surface area contributed by atoms with Gasteiger partial charge in [-0.1, -0.05) is 6.07 Å². The van der Waals surface area contributed by atoms with Crippen LogP contribution in [0.2, 0.25) is 0 Å². The van der Waals surface area contributed by atoms with Crippen LogP contribution in [0.4, 0.5) is 4.39 Å². The van der Waals surface area contributed by atoms with Gasteiger partial charge in [-0.25, -0.2) is 4.39 Å². The molecule has 0 aromatic heterocycles. The molecule has 0 saturated carbocycles. The van der Waals surface area contributed by atoms with Crippen LogP contribution < -0.4 is 14.8 Å². The highest BCUT2D eigenvalue weighted by atomic mass is 32.2. The van der Waals surface area contributed by atoms with Crippen molar-refractivity contribution in [1.29, 1.82) is 0 Å². The molecule has 154 valence electrons. The van der Waals surface area contributed by atoms with Crippen LogP contribution in [-0.4, -0.2) is 37.4 Å². The van der Waals surface area contributed by atoms with Gasteiger partial charge in [0.15, 0.2) is 18.1 Å². The number of rotatable bonds is 8. The average Bonchev–Trinajstić information content (AvgIpc) is 2.73. The van der Waals surface area contributed by atoms with E-state index >= 15 is 0 Å². The second kappa shape index (κ2) is 10.2. The van der Waals surface area contributed by atoms with E-state index in [1.165, 1.54) is 23.9 Å². The first-order chi connectivity index (χ1) is 14.0. The van der Waals surface area contributed by atoms with Gasteiger partial charge in [-0.05, 0) is 48.9 Å². The SMILES string of the molecule is C[C@@H](NC(=O)COC(=O)CCSc1ccc(F)cc1)c1ccc2c(c1)OCCO2. The lowest BCUT2D eigenvalue weighted by molar-refractivity contribution is -0.148. The van der Waals surface area contributed by atoms with Crippen molar-refractivity contribution in [3.05, 3.63) is 53.8 Å². The van der Waals surface area contributed by atoms with Gasteiger partial charge in [0.05, 0.1) is 12.5 Å². The molecule has 0 bridgehead atoms. The van der Waals surface area contributed by atoms with E-state index < -0.39 is 5.97 Å². The van der Waals surface area contributed by atoms with Gasteiger partial charge in [-0.3, -0.25) is 9.59 Å². The number of ether oxygens (including phenoxy) is 3. The average molecular weight is 419 g/mol. The molecular formula is C21H22FNO5S. The molecule has 2 aromatic carbocycles. The highest BCUT2D eigenvalue weighted by Gasteiger charge is 2.16. The fourth-order valence-electron chi connectivity index (χ4n) is 2.70. The van der Waals surface area contributed by atoms with E-state index in [-0.39, 0.29) is 30.8 Å². The van der Waals surface area contributed by atoms with Gasteiger partial charge < -0.3 is 19.5 Å². The number of halogens is 1. The Morgan fingerprint density at radius 1 is 1.14 bits per heavy atom. The van der Waals surface area contributed by atoms with Crippen molar-refractivity contribution < 1.29 is 28.2 Å². The Morgan fingerprint density at radius 3 is 2.62 bits per heavy atom. The maximum Gasteiger partial charge on any atom is 0.307 e. The molecule has 8 heteroatoms. The van der Waals surface area contributed by atoms with E-state index in [4.69, 9.17) is 14.2 Å². The highest BCUT2D eigenvalue weighted by molar-refractivity contribution is 7.99. The second-order valence-electron chi connectivity index (χ2n) is 6.41. The lowest BCUT2D eigenvalue weighted by Gasteiger charge is -2.21. The number of benzene rings is 2. The van der Waals surface area contributed by atoms with Crippen LogP contribution in [0.5, 0.6) is 11.5 Å². The molecule has 0 saturated heterocycles. The van der Waals surface area contributed by atoms with Crippen molar-refractivity contribution in [3.63, 3.8) is 0 Å². The number of thioether (sulfide) groups is 1. The predicted molar refractivity (Wildman–Crippen MR) is 107 cm³/mol. The maximum absolute atomic E-state index is 12.9. The number of carbonyl (C=O) groups excluding carboxylic acids is 2. The number of hydrogen-bond donors (Lipinski definition) is 1. The Kier molecular flexibility index (Phi) is 7.35. The minimum Gasteiger partial charge on any atom is -0.486 e. The Morgan fingerprint density at radius 2 is 1.86 bits per heavy atom. The highest BCUT2D eigenvalue weighted by Crippen LogP contribution is 2.32. The molecule has 29 heavy (non-hydrogen) atoms. The van der Waals surface area contributed by atoms with Crippen molar-refractivity contribution >= 4 is 23.6 Å². The largest absolute Gasteiger partial charge is 0.486 e. The summed E-state index contributed by atoms with van der Waals surface area (Å²) in [4.78, 5) is 24.7. The van der Waals surface area contributed by atoms with Gasteiger partial charge in [0, 0.05) is 10.6 Å². The monoisotopic (exact) mass is 419 g/mol. The lowest BCUT2D eigenvalue weighted by Crippen LogP contribution is -2.31. The van der Waals surface area contributed by atoms with Crippen LogP contribution in [0.15, 0.2) is 47.4 Å². The summed E-state index contributed by atoms with van der Waals surface area (Å²) in [7, 11) is 0. The quantitative estimate of drug-likeness (QED) is 0.522. The van der Waals surface area contributed by atoms with Crippen LogP contribution in [0.25, 0.3) is 0 Å². The van der Waals surface area contributed by atoms with Crippen LogP contribution in [0.3, 0.4) is 0 Å². The van der Waals surface area contributed by atoms with E-state index in [1.807, 2.05) is 25.1 Å². The molecule has 1 atom stereocenters. The molecule has 0 radical (unpaired) electrons. The van der Waals surface area contributed by atoms with Crippen LogP contribution in [0, 0.1) is 5.82 Å². The summed E-state index contributed by atoms with van der Waals surface area (Å²) in [6.07, 6.45) is 0.160. The molecule has 6 nitrogen and oxygen atoms in total. The van der Waals surface area contributed by atoms with Gasteiger partial charge in [-0.2, -0.15) is 0 Å². The first kappa shape index (κ1) is 21.0. The van der Waals surface area contributed by atoms with Crippen molar-refractivity contribution in [3.8, 4) is 11.5 Å². The Bertz CT molecular complexity index is 859. The fraction of sp³-hybridized carbons (Fsp3) is 0.333. The molecule has 1 amide bonds. The van der Waals surface area contributed by atoms with Gasteiger partial charge >= 0.3 is 5.97 Å². The lowest BCUT2D eigenvalue weighted by atomic mass is 10.1. The first-order valence-corrected chi connectivity index (χ1v) is 10.2. The summed E-state index contributed by atoms with van der Waals surface area (Å²) in [5.74, 6) is 0.685. The summed E-state index contributed by atoms with van der Waals surface area (Å²) in [5.41, 5.74) is 0.865. The Balaban J connectivity index is 1.37. The molecule has 0 spiro atoms. The topological polar surface area (TPSA) is 73.9 Å². The smallest absolute Gasteiger partial charge is 0.307 e. The first-order valence-electron chi connectivity index (χ1n) is 9.24. The van der Waals surface area contributed by atoms with Crippen molar-refractivity contribution in [2.45, 2.75) is 24.3 Å². The van der Waals surface area contributed by atoms with Crippen molar-refractivity contribution in [1.82, 2.24) is 5.32 Å². The standard InChI is InChI=1S/C21H22FNO5S/c1-14(15-2-7-18-19(12-15)27-10-9-26-18)23-20(24)13-28-21(25)8-11-29-17-5-3-16(22)4-6-17/h2-7,12,14H,8-11,13H2,1H3,(H,23,24)/t14-/m1/s1. The van der Waals surface area contributed by atoms with Gasteiger partial charge in [-0.15, -0.1) is 11.8 Å². The van der Waals surface area contributed by atoms with Gasteiger partial charge in [0.25, 0.3) is 5.91 Å². The Hall–Kier alpha value is -2.74. The molecular weight excluding hydrogens is 397 g/mol. The Labute approximate surface area is 172 Å².